The summed E-state index contributed by atoms with van der Waals surface area (Å²) in [6, 6.07) is 0. The molecule has 2 nitrogen and oxygen atoms in total. The Labute approximate surface area is 94.4 Å². The van der Waals surface area contributed by atoms with Gasteiger partial charge in [0, 0.05) is 6.42 Å². The van der Waals surface area contributed by atoms with Gasteiger partial charge in [0.1, 0.15) is 0 Å². The fourth-order valence-electron chi connectivity index (χ4n) is 1.54. The summed E-state index contributed by atoms with van der Waals surface area (Å²) in [6.07, 6.45) is 7.60. The van der Waals surface area contributed by atoms with Crippen LogP contribution in [-0.2, 0) is 9.53 Å². The molecule has 1 atom stereocenters. The molecule has 0 radical (unpaired) electrons. The van der Waals surface area contributed by atoms with Crippen molar-refractivity contribution >= 4 is 5.97 Å². The Hall–Kier alpha value is -0.530. The molecule has 0 heterocycles. The van der Waals surface area contributed by atoms with Crippen molar-refractivity contribution in [1.29, 1.82) is 0 Å². The molecule has 0 aliphatic rings. The molecule has 0 aromatic carbocycles. The van der Waals surface area contributed by atoms with Gasteiger partial charge in [-0.05, 0) is 18.8 Å². The number of ether oxygens (including phenoxy) is 1. The quantitative estimate of drug-likeness (QED) is 0.429. The van der Waals surface area contributed by atoms with Crippen LogP contribution < -0.4 is 0 Å². The number of esters is 1. The highest BCUT2D eigenvalue weighted by atomic mass is 16.5. The van der Waals surface area contributed by atoms with Crippen LogP contribution in [0.5, 0.6) is 0 Å². The van der Waals surface area contributed by atoms with Crippen molar-refractivity contribution in [1.82, 2.24) is 0 Å². The summed E-state index contributed by atoms with van der Waals surface area (Å²) in [6.45, 7) is 7.03. The number of unbranched alkanes of at least 4 members (excludes halogenated alkanes) is 2. The highest BCUT2D eigenvalue weighted by Gasteiger charge is 2.07. The zero-order chi connectivity index (χ0) is 11.5. The van der Waals surface area contributed by atoms with Crippen LogP contribution in [0.4, 0.5) is 0 Å². The van der Waals surface area contributed by atoms with Crippen molar-refractivity contribution in [2.45, 2.75) is 65.7 Å². The van der Waals surface area contributed by atoms with E-state index in [-0.39, 0.29) is 5.97 Å². The van der Waals surface area contributed by atoms with Gasteiger partial charge in [-0.25, -0.2) is 0 Å². The third-order valence-corrected chi connectivity index (χ3v) is 2.61. The lowest BCUT2D eigenvalue weighted by Crippen LogP contribution is -2.07. The van der Waals surface area contributed by atoms with Crippen LogP contribution in [0.3, 0.4) is 0 Å². The minimum absolute atomic E-state index is 0.0285. The van der Waals surface area contributed by atoms with Gasteiger partial charge < -0.3 is 4.74 Å². The second-order valence-electron chi connectivity index (χ2n) is 4.36. The molecule has 15 heavy (non-hydrogen) atoms. The summed E-state index contributed by atoms with van der Waals surface area (Å²) in [4.78, 5) is 11.2. The molecule has 0 saturated carbocycles. The molecular formula is C13H26O2. The van der Waals surface area contributed by atoms with Gasteiger partial charge in [-0.3, -0.25) is 4.79 Å². The zero-order valence-corrected chi connectivity index (χ0v) is 10.6. The van der Waals surface area contributed by atoms with Gasteiger partial charge >= 0.3 is 5.97 Å². The standard InChI is InChI=1S/C13H26O2/c1-4-6-7-8-12(3)9-10-13(14)15-11-5-2/h12H,4-11H2,1-3H3. The van der Waals surface area contributed by atoms with E-state index >= 15 is 0 Å². The molecule has 0 N–H and O–H groups in total. The van der Waals surface area contributed by atoms with Gasteiger partial charge in [-0.15, -0.1) is 0 Å². The molecule has 0 fully saturated rings. The maximum Gasteiger partial charge on any atom is 0.305 e. The first-order chi connectivity index (χ1) is 7.20. The number of rotatable bonds is 9. The Morgan fingerprint density at radius 1 is 1.13 bits per heavy atom. The fourth-order valence-corrected chi connectivity index (χ4v) is 1.54. The SMILES string of the molecule is CCCCCC(C)CCC(=O)OCCC. The summed E-state index contributed by atoms with van der Waals surface area (Å²) in [7, 11) is 0. The Bertz CT molecular complexity index is 155. The molecule has 2 heteroatoms. The average Bonchev–Trinajstić information content (AvgIpc) is 2.24. The highest BCUT2D eigenvalue weighted by molar-refractivity contribution is 5.69. The second-order valence-corrected chi connectivity index (χ2v) is 4.36. The molecule has 0 rings (SSSR count). The minimum atomic E-state index is -0.0285. The molecule has 0 amide bonds. The Balaban J connectivity index is 3.36. The number of hydrogen-bond acceptors (Lipinski definition) is 2. The predicted octanol–water partition coefficient (Wildman–Crippen LogP) is 3.94. The van der Waals surface area contributed by atoms with Crippen molar-refractivity contribution < 1.29 is 9.53 Å². The molecular weight excluding hydrogens is 188 g/mol. The van der Waals surface area contributed by atoms with E-state index in [9.17, 15) is 4.79 Å². The summed E-state index contributed by atoms with van der Waals surface area (Å²) in [5.41, 5.74) is 0. The Morgan fingerprint density at radius 2 is 1.87 bits per heavy atom. The number of carbonyl (C=O) groups excluding carboxylic acids is 1. The maximum atomic E-state index is 11.2. The molecule has 1 unspecified atom stereocenters. The van der Waals surface area contributed by atoms with Gasteiger partial charge in [-0.2, -0.15) is 0 Å². The van der Waals surface area contributed by atoms with E-state index in [1.807, 2.05) is 6.92 Å². The molecule has 0 aromatic rings. The van der Waals surface area contributed by atoms with Crippen LogP contribution in [-0.4, -0.2) is 12.6 Å². The topological polar surface area (TPSA) is 26.3 Å². The van der Waals surface area contributed by atoms with Crippen molar-refractivity contribution in [2.24, 2.45) is 5.92 Å². The van der Waals surface area contributed by atoms with E-state index in [4.69, 9.17) is 4.74 Å². The third kappa shape index (κ3) is 9.77. The first kappa shape index (κ1) is 14.5. The highest BCUT2D eigenvalue weighted by Crippen LogP contribution is 2.15. The average molecular weight is 214 g/mol. The Morgan fingerprint density at radius 3 is 2.47 bits per heavy atom. The number of hydrogen-bond donors (Lipinski definition) is 0. The lowest BCUT2D eigenvalue weighted by atomic mass is 9.98. The van der Waals surface area contributed by atoms with Gasteiger partial charge in [0.25, 0.3) is 0 Å². The monoisotopic (exact) mass is 214 g/mol. The number of carbonyl (C=O) groups is 1. The first-order valence-electron chi connectivity index (χ1n) is 6.36. The van der Waals surface area contributed by atoms with E-state index in [0.29, 0.717) is 18.9 Å². The van der Waals surface area contributed by atoms with Crippen molar-refractivity contribution in [3.05, 3.63) is 0 Å². The molecule has 0 aliphatic carbocycles. The Kier molecular flexibility index (Phi) is 9.65. The molecule has 0 bridgehead atoms. The van der Waals surface area contributed by atoms with E-state index in [1.54, 1.807) is 0 Å². The zero-order valence-electron chi connectivity index (χ0n) is 10.6. The van der Waals surface area contributed by atoms with Crippen LogP contribution in [0.2, 0.25) is 0 Å². The summed E-state index contributed by atoms with van der Waals surface area (Å²) in [5.74, 6) is 0.630. The van der Waals surface area contributed by atoms with E-state index in [1.165, 1.54) is 25.7 Å². The predicted molar refractivity (Wildman–Crippen MR) is 63.8 cm³/mol. The van der Waals surface area contributed by atoms with Crippen LogP contribution >= 0.6 is 0 Å². The van der Waals surface area contributed by atoms with Crippen molar-refractivity contribution in [2.75, 3.05) is 6.61 Å². The van der Waals surface area contributed by atoms with Crippen LogP contribution in [0.15, 0.2) is 0 Å². The minimum Gasteiger partial charge on any atom is -0.466 e. The summed E-state index contributed by atoms with van der Waals surface area (Å²) < 4.78 is 5.03. The smallest absolute Gasteiger partial charge is 0.305 e. The normalized spacial score (nSPS) is 12.5. The molecule has 0 spiro atoms. The van der Waals surface area contributed by atoms with Crippen LogP contribution in [0.1, 0.15) is 65.7 Å². The summed E-state index contributed by atoms with van der Waals surface area (Å²) in [5, 5.41) is 0. The van der Waals surface area contributed by atoms with Gasteiger partial charge in [0.05, 0.1) is 6.61 Å². The third-order valence-electron chi connectivity index (χ3n) is 2.61. The lowest BCUT2D eigenvalue weighted by molar-refractivity contribution is -0.144. The van der Waals surface area contributed by atoms with E-state index in [0.717, 1.165) is 12.8 Å². The maximum absolute atomic E-state index is 11.2. The van der Waals surface area contributed by atoms with Crippen molar-refractivity contribution in [3.63, 3.8) is 0 Å². The largest absolute Gasteiger partial charge is 0.466 e. The van der Waals surface area contributed by atoms with Gasteiger partial charge in [0.2, 0.25) is 0 Å². The van der Waals surface area contributed by atoms with Crippen molar-refractivity contribution in [3.8, 4) is 0 Å². The summed E-state index contributed by atoms with van der Waals surface area (Å²) >= 11 is 0. The van der Waals surface area contributed by atoms with Crippen LogP contribution in [0.25, 0.3) is 0 Å². The van der Waals surface area contributed by atoms with Gasteiger partial charge in [-0.1, -0.05) is 46.5 Å². The lowest BCUT2D eigenvalue weighted by Gasteiger charge is -2.10. The second kappa shape index (κ2) is 10.0. The molecule has 0 aromatic heterocycles. The van der Waals surface area contributed by atoms with E-state index < -0.39 is 0 Å². The molecule has 90 valence electrons. The van der Waals surface area contributed by atoms with Gasteiger partial charge in [0.15, 0.2) is 0 Å². The first-order valence-corrected chi connectivity index (χ1v) is 6.36. The van der Waals surface area contributed by atoms with Crippen LogP contribution in [0, 0.1) is 5.92 Å². The molecule has 0 saturated heterocycles. The van der Waals surface area contributed by atoms with E-state index in [2.05, 4.69) is 13.8 Å². The fraction of sp³-hybridized carbons (Fsp3) is 0.923. The molecule has 0 aliphatic heterocycles.